The molecule has 46 heavy (non-hydrogen) atoms. The summed E-state index contributed by atoms with van der Waals surface area (Å²) in [5.41, 5.74) is -0.278. The van der Waals surface area contributed by atoms with Crippen LogP contribution in [0.1, 0.15) is 41.7 Å². The minimum absolute atomic E-state index is 0.0624. The number of methoxy groups -OCH3 is 1. The minimum atomic E-state index is -4.77. The maximum Gasteiger partial charge on any atom is 0.422 e. The number of hydrogen-bond donors (Lipinski definition) is 1. The SMILES string of the molecule is COCCN1CCC2(CCCN(c3c(NC(=O)c4csc(-c5ccnnc5)n4)ccc(Oc4ccccc4)c3C(F)(F)F)C2)CC1. The van der Waals surface area contributed by atoms with Gasteiger partial charge in [0.2, 0.25) is 0 Å². The Morgan fingerprint density at radius 1 is 1.04 bits per heavy atom. The molecule has 9 nitrogen and oxygen atoms in total. The number of benzene rings is 2. The van der Waals surface area contributed by atoms with Crippen LogP contribution < -0.4 is 15.0 Å². The Morgan fingerprint density at radius 3 is 2.57 bits per heavy atom. The van der Waals surface area contributed by atoms with E-state index in [1.807, 2.05) is 0 Å². The van der Waals surface area contributed by atoms with Crippen LogP contribution in [0.4, 0.5) is 24.5 Å². The quantitative estimate of drug-likeness (QED) is 0.207. The number of nitrogens with zero attached hydrogens (tertiary/aromatic N) is 5. The van der Waals surface area contributed by atoms with E-state index in [2.05, 4.69) is 25.4 Å². The molecule has 2 aliphatic rings. The monoisotopic (exact) mass is 652 g/mol. The maximum absolute atomic E-state index is 15.1. The lowest BCUT2D eigenvalue weighted by molar-refractivity contribution is -0.138. The van der Waals surface area contributed by atoms with Crippen LogP contribution in [-0.4, -0.2) is 72.4 Å². The zero-order valence-electron chi connectivity index (χ0n) is 25.4. The highest BCUT2D eigenvalue weighted by atomic mass is 32.1. The summed E-state index contributed by atoms with van der Waals surface area (Å²) in [5, 5.41) is 12.5. The number of para-hydroxylation sites is 1. The second-order valence-electron chi connectivity index (χ2n) is 11.7. The number of anilines is 2. The van der Waals surface area contributed by atoms with Crippen molar-refractivity contribution in [2.45, 2.75) is 31.9 Å². The van der Waals surface area contributed by atoms with Crippen molar-refractivity contribution < 1.29 is 27.4 Å². The number of aromatic nitrogens is 3. The number of alkyl halides is 3. The first-order valence-corrected chi connectivity index (χ1v) is 16.1. The highest BCUT2D eigenvalue weighted by Gasteiger charge is 2.44. The van der Waals surface area contributed by atoms with E-state index < -0.39 is 17.6 Å². The van der Waals surface area contributed by atoms with E-state index in [0.29, 0.717) is 30.3 Å². The number of nitrogens with one attached hydrogen (secondary N) is 1. The first-order chi connectivity index (χ1) is 22.2. The first-order valence-electron chi connectivity index (χ1n) is 15.2. The molecule has 2 saturated heterocycles. The van der Waals surface area contributed by atoms with E-state index in [1.165, 1.54) is 35.9 Å². The molecule has 0 aliphatic carbocycles. The molecule has 2 aromatic carbocycles. The van der Waals surface area contributed by atoms with Gasteiger partial charge in [0.15, 0.2) is 0 Å². The van der Waals surface area contributed by atoms with Crippen LogP contribution in [-0.2, 0) is 10.9 Å². The van der Waals surface area contributed by atoms with Crippen LogP contribution in [0.5, 0.6) is 11.5 Å². The van der Waals surface area contributed by atoms with Crippen LogP contribution in [0.25, 0.3) is 10.6 Å². The van der Waals surface area contributed by atoms with Crippen LogP contribution in [0, 0.1) is 5.41 Å². The largest absolute Gasteiger partial charge is 0.457 e. The molecule has 242 valence electrons. The van der Waals surface area contributed by atoms with Crippen molar-refractivity contribution >= 4 is 28.6 Å². The summed E-state index contributed by atoms with van der Waals surface area (Å²) in [5.74, 6) is -0.634. The van der Waals surface area contributed by atoms with Crippen molar-refractivity contribution in [3.63, 3.8) is 0 Å². The third-order valence-electron chi connectivity index (χ3n) is 8.72. The fraction of sp³-hybridized carbons (Fsp3) is 0.394. The van der Waals surface area contributed by atoms with E-state index in [4.69, 9.17) is 9.47 Å². The average Bonchev–Trinajstić information content (AvgIpc) is 3.56. The summed E-state index contributed by atoms with van der Waals surface area (Å²) in [6, 6.07) is 12.9. The van der Waals surface area contributed by atoms with Crippen molar-refractivity contribution in [1.82, 2.24) is 20.1 Å². The molecule has 4 aromatic rings. The van der Waals surface area contributed by atoms with Gasteiger partial charge in [-0.05, 0) is 74.5 Å². The molecular formula is C33H35F3N6O3S. The van der Waals surface area contributed by atoms with Crippen LogP contribution in [0.3, 0.4) is 0 Å². The van der Waals surface area contributed by atoms with E-state index in [0.717, 1.165) is 45.3 Å². The van der Waals surface area contributed by atoms with E-state index in [-0.39, 0.29) is 34.0 Å². The van der Waals surface area contributed by atoms with Crippen molar-refractivity contribution in [2.75, 3.05) is 56.7 Å². The highest BCUT2D eigenvalue weighted by molar-refractivity contribution is 7.13. The summed E-state index contributed by atoms with van der Waals surface area (Å²) in [4.78, 5) is 22.1. The Balaban J connectivity index is 1.35. The fourth-order valence-electron chi connectivity index (χ4n) is 6.37. The van der Waals surface area contributed by atoms with Gasteiger partial charge in [-0.3, -0.25) is 4.79 Å². The lowest BCUT2D eigenvalue weighted by atomic mass is 9.72. The zero-order chi connectivity index (χ0) is 32.1. The highest BCUT2D eigenvalue weighted by Crippen LogP contribution is 2.50. The van der Waals surface area contributed by atoms with E-state index >= 15 is 13.2 Å². The summed E-state index contributed by atoms with van der Waals surface area (Å²) < 4.78 is 56.5. The molecular weight excluding hydrogens is 617 g/mol. The summed E-state index contributed by atoms with van der Waals surface area (Å²) >= 11 is 1.24. The van der Waals surface area contributed by atoms with Gasteiger partial charge in [-0.2, -0.15) is 23.4 Å². The number of halogens is 3. The van der Waals surface area contributed by atoms with Gasteiger partial charge in [0, 0.05) is 37.7 Å². The maximum atomic E-state index is 15.1. The number of hydrogen-bond acceptors (Lipinski definition) is 9. The standard InChI is InChI=1S/C33H35F3N6O3S/c1-44-19-18-41-16-12-32(13-17-41)11-5-15-42(22-32)29-25(39-30(43)26-21-46-31(40-26)23-10-14-37-38-20-23)8-9-27(28(29)33(34,35)36)45-24-6-3-2-4-7-24/h2-4,6-10,14,20-21H,5,11-13,15-19,22H2,1H3,(H,39,43). The average molecular weight is 653 g/mol. The smallest absolute Gasteiger partial charge is 0.422 e. The Labute approximate surface area is 269 Å². The molecule has 13 heteroatoms. The number of carbonyl (C=O) groups is 1. The van der Waals surface area contributed by atoms with Gasteiger partial charge in [-0.15, -0.1) is 11.3 Å². The number of piperidine rings is 2. The normalized spacial score (nSPS) is 16.8. The molecule has 1 spiro atoms. The molecule has 0 atom stereocenters. The molecule has 1 amide bonds. The second-order valence-corrected chi connectivity index (χ2v) is 12.6. The molecule has 0 radical (unpaired) electrons. The van der Waals surface area contributed by atoms with E-state index in [9.17, 15) is 4.79 Å². The van der Waals surface area contributed by atoms with Crippen LogP contribution in [0.2, 0.25) is 0 Å². The Morgan fingerprint density at radius 2 is 1.85 bits per heavy atom. The number of amides is 1. The van der Waals surface area contributed by atoms with Crippen LogP contribution in [0.15, 0.2) is 66.3 Å². The molecule has 0 bridgehead atoms. The Bertz CT molecular complexity index is 1630. The number of ether oxygens (including phenoxy) is 2. The van der Waals surface area contributed by atoms with Crippen LogP contribution >= 0.6 is 11.3 Å². The van der Waals surface area contributed by atoms with Gasteiger partial charge < -0.3 is 24.6 Å². The van der Waals surface area contributed by atoms with Crippen molar-refractivity contribution in [3.8, 4) is 22.1 Å². The molecule has 2 fully saturated rings. The molecule has 6 rings (SSSR count). The molecule has 2 aliphatic heterocycles. The lowest BCUT2D eigenvalue weighted by Gasteiger charge is -2.49. The molecule has 4 heterocycles. The van der Waals surface area contributed by atoms with Crippen molar-refractivity contribution in [2.24, 2.45) is 5.41 Å². The first kappa shape index (κ1) is 31.9. The molecule has 0 saturated carbocycles. The van der Waals surface area contributed by atoms with Gasteiger partial charge in [0.1, 0.15) is 27.8 Å². The summed E-state index contributed by atoms with van der Waals surface area (Å²) in [6.07, 6.45) is 1.72. The van der Waals surface area contributed by atoms with Gasteiger partial charge in [0.05, 0.1) is 30.4 Å². The molecule has 0 unspecified atom stereocenters. The second kappa shape index (κ2) is 13.7. The number of thiazole rings is 1. The Kier molecular flexibility index (Phi) is 9.52. The summed E-state index contributed by atoms with van der Waals surface area (Å²) in [6.45, 7) is 4.07. The molecule has 1 N–H and O–H groups in total. The third kappa shape index (κ3) is 7.16. The molecule has 2 aromatic heterocycles. The van der Waals surface area contributed by atoms with Gasteiger partial charge in [0.25, 0.3) is 5.91 Å². The van der Waals surface area contributed by atoms with E-state index in [1.54, 1.807) is 53.8 Å². The van der Waals surface area contributed by atoms with Gasteiger partial charge in [-0.1, -0.05) is 18.2 Å². The van der Waals surface area contributed by atoms with Crippen molar-refractivity contribution in [1.29, 1.82) is 0 Å². The third-order valence-corrected chi connectivity index (χ3v) is 9.61. The minimum Gasteiger partial charge on any atom is -0.457 e. The fourth-order valence-corrected chi connectivity index (χ4v) is 7.16. The lowest BCUT2D eigenvalue weighted by Crippen LogP contribution is -2.50. The number of carbonyl (C=O) groups excluding carboxylic acids is 1. The topological polar surface area (TPSA) is 92.7 Å². The predicted octanol–water partition coefficient (Wildman–Crippen LogP) is 6.99. The van der Waals surface area contributed by atoms with Gasteiger partial charge in [-0.25, -0.2) is 4.98 Å². The predicted molar refractivity (Wildman–Crippen MR) is 170 cm³/mol. The Hall–Kier alpha value is -4.07. The summed E-state index contributed by atoms with van der Waals surface area (Å²) in [7, 11) is 1.68. The number of rotatable bonds is 9. The van der Waals surface area contributed by atoms with Gasteiger partial charge >= 0.3 is 6.18 Å². The van der Waals surface area contributed by atoms with Crippen molar-refractivity contribution in [3.05, 3.63) is 77.6 Å². The number of likely N-dealkylation sites (tertiary alicyclic amines) is 1. The zero-order valence-corrected chi connectivity index (χ0v) is 26.2.